The van der Waals surface area contributed by atoms with Gasteiger partial charge in [-0.3, -0.25) is 14.5 Å². The number of hydrogen-bond donors (Lipinski definition) is 2. The number of fused-ring (bicyclic) bond motifs is 1. The first-order chi connectivity index (χ1) is 11.5. The van der Waals surface area contributed by atoms with Crippen LogP contribution < -0.4 is 10.6 Å². The van der Waals surface area contributed by atoms with Crippen LogP contribution in [0.2, 0.25) is 0 Å². The summed E-state index contributed by atoms with van der Waals surface area (Å²) in [7, 11) is 0. The molecule has 4 amide bonds. The van der Waals surface area contributed by atoms with E-state index in [0.29, 0.717) is 19.4 Å². The van der Waals surface area contributed by atoms with Gasteiger partial charge in [-0.2, -0.15) is 0 Å². The highest BCUT2D eigenvalue weighted by Gasteiger charge is 2.49. The third-order valence-electron chi connectivity index (χ3n) is 5.06. The Balaban J connectivity index is 1.59. The lowest BCUT2D eigenvalue weighted by Crippen LogP contribution is -2.48. The SMILES string of the molecule is CCC1(CC)NC(=O)N(CC(=O)NC2CCc3nccn3C2)C1=O. The largest absolute Gasteiger partial charge is 0.350 e. The van der Waals surface area contributed by atoms with Gasteiger partial charge in [0.2, 0.25) is 5.91 Å². The summed E-state index contributed by atoms with van der Waals surface area (Å²) < 4.78 is 2.02. The Hall–Kier alpha value is -2.38. The molecule has 8 nitrogen and oxygen atoms in total. The van der Waals surface area contributed by atoms with Gasteiger partial charge in [-0.1, -0.05) is 13.8 Å². The van der Waals surface area contributed by atoms with E-state index in [-0.39, 0.29) is 24.4 Å². The molecule has 130 valence electrons. The lowest BCUT2D eigenvalue weighted by atomic mass is 9.93. The van der Waals surface area contributed by atoms with Crippen LogP contribution in [-0.2, 0) is 22.6 Å². The van der Waals surface area contributed by atoms with Gasteiger partial charge in [-0.15, -0.1) is 0 Å². The normalized spacial score (nSPS) is 22.2. The predicted octanol–water partition coefficient (Wildman–Crippen LogP) is 0.425. The molecule has 1 saturated heterocycles. The van der Waals surface area contributed by atoms with Crippen molar-refractivity contribution in [2.24, 2.45) is 0 Å². The molecule has 1 atom stereocenters. The van der Waals surface area contributed by atoms with E-state index in [2.05, 4.69) is 15.6 Å². The van der Waals surface area contributed by atoms with Crippen LogP contribution >= 0.6 is 0 Å². The van der Waals surface area contributed by atoms with Crippen molar-refractivity contribution >= 4 is 17.8 Å². The molecule has 8 heteroatoms. The Kier molecular flexibility index (Phi) is 4.29. The highest BCUT2D eigenvalue weighted by molar-refractivity contribution is 6.08. The number of nitrogens with one attached hydrogen (secondary N) is 2. The molecule has 0 aromatic carbocycles. The lowest BCUT2D eigenvalue weighted by molar-refractivity contribution is -0.135. The standard InChI is InChI=1S/C16H23N5O3/c1-3-16(4-2)14(23)21(15(24)19-16)10-13(22)18-11-5-6-12-17-7-8-20(12)9-11/h7-8,11H,3-6,9-10H2,1-2H3,(H,18,22)(H,19,24). The van der Waals surface area contributed by atoms with Gasteiger partial charge in [0.1, 0.15) is 17.9 Å². The third-order valence-corrected chi connectivity index (χ3v) is 5.06. The van der Waals surface area contributed by atoms with Crippen molar-refractivity contribution in [1.82, 2.24) is 25.1 Å². The molecule has 1 fully saturated rings. The fraction of sp³-hybridized carbons (Fsp3) is 0.625. The monoisotopic (exact) mass is 333 g/mol. The van der Waals surface area contributed by atoms with Crippen molar-refractivity contribution in [2.45, 2.75) is 57.7 Å². The molecule has 1 unspecified atom stereocenters. The summed E-state index contributed by atoms with van der Waals surface area (Å²) >= 11 is 0. The van der Waals surface area contributed by atoms with Crippen LogP contribution in [-0.4, -0.2) is 50.4 Å². The Morgan fingerprint density at radius 3 is 2.83 bits per heavy atom. The molecule has 0 spiro atoms. The molecule has 3 rings (SSSR count). The summed E-state index contributed by atoms with van der Waals surface area (Å²) in [6, 6.07) is -0.499. The van der Waals surface area contributed by atoms with Crippen LogP contribution in [0.5, 0.6) is 0 Å². The van der Waals surface area contributed by atoms with Crippen molar-refractivity contribution in [3.63, 3.8) is 0 Å². The van der Waals surface area contributed by atoms with Gasteiger partial charge in [-0.05, 0) is 19.3 Å². The maximum Gasteiger partial charge on any atom is 0.325 e. The first-order valence-corrected chi connectivity index (χ1v) is 8.42. The zero-order valence-corrected chi connectivity index (χ0v) is 14.0. The molecule has 3 heterocycles. The molecule has 2 aliphatic rings. The van der Waals surface area contributed by atoms with Crippen LogP contribution in [0.25, 0.3) is 0 Å². The van der Waals surface area contributed by atoms with Gasteiger partial charge in [0.15, 0.2) is 0 Å². The quantitative estimate of drug-likeness (QED) is 0.764. The number of carbonyl (C=O) groups is 3. The van der Waals surface area contributed by atoms with E-state index in [4.69, 9.17) is 0 Å². The summed E-state index contributed by atoms with van der Waals surface area (Å²) in [5.41, 5.74) is -0.867. The van der Waals surface area contributed by atoms with Gasteiger partial charge in [-0.25, -0.2) is 9.78 Å². The zero-order valence-electron chi connectivity index (χ0n) is 14.0. The fourth-order valence-electron chi connectivity index (χ4n) is 3.45. The molecular weight excluding hydrogens is 310 g/mol. The minimum atomic E-state index is -0.867. The predicted molar refractivity (Wildman–Crippen MR) is 86.0 cm³/mol. The van der Waals surface area contributed by atoms with Crippen LogP contribution in [0.1, 0.15) is 38.9 Å². The Morgan fingerprint density at radius 2 is 2.17 bits per heavy atom. The highest BCUT2D eigenvalue weighted by Crippen LogP contribution is 2.24. The summed E-state index contributed by atoms with van der Waals surface area (Å²) in [4.78, 5) is 42.1. The van der Waals surface area contributed by atoms with E-state index in [0.717, 1.165) is 23.6 Å². The van der Waals surface area contributed by atoms with Gasteiger partial charge in [0.25, 0.3) is 5.91 Å². The number of rotatable bonds is 5. The molecule has 0 aliphatic carbocycles. The summed E-state index contributed by atoms with van der Waals surface area (Å²) in [5.74, 6) is 0.397. The lowest BCUT2D eigenvalue weighted by Gasteiger charge is -2.26. The zero-order chi connectivity index (χ0) is 17.3. The second-order valence-electron chi connectivity index (χ2n) is 6.41. The fourth-order valence-corrected chi connectivity index (χ4v) is 3.45. The topological polar surface area (TPSA) is 96.3 Å². The molecule has 0 saturated carbocycles. The molecule has 2 aliphatic heterocycles. The average molecular weight is 333 g/mol. The second kappa shape index (κ2) is 6.26. The smallest absolute Gasteiger partial charge is 0.325 e. The number of amides is 4. The number of imide groups is 1. The summed E-state index contributed by atoms with van der Waals surface area (Å²) in [6.45, 7) is 4.14. The molecule has 0 radical (unpaired) electrons. The van der Waals surface area contributed by atoms with Gasteiger partial charge >= 0.3 is 6.03 Å². The Bertz CT molecular complexity index is 664. The van der Waals surface area contributed by atoms with Gasteiger partial charge in [0.05, 0.1) is 0 Å². The van der Waals surface area contributed by atoms with Crippen molar-refractivity contribution < 1.29 is 14.4 Å². The van der Waals surface area contributed by atoms with E-state index in [1.807, 2.05) is 24.6 Å². The number of hydrogen-bond acceptors (Lipinski definition) is 4. The number of nitrogens with zero attached hydrogens (tertiary/aromatic N) is 3. The Morgan fingerprint density at radius 1 is 1.42 bits per heavy atom. The van der Waals surface area contributed by atoms with Crippen LogP contribution in [0.4, 0.5) is 4.79 Å². The molecule has 24 heavy (non-hydrogen) atoms. The molecule has 2 N–H and O–H groups in total. The summed E-state index contributed by atoms with van der Waals surface area (Å²) in [6.07, 6.45) is 6.27. The van der Waals surface area contributed by atoms with Crippen molar-refractivity contribution in [2.75, 3.05) is 6.54 Å². The average Bonchev–Trinajstić information content (AvgIpc) is 3.12. The molecular formula is C16H23N5O3. The first-order valence-electron chi connectivity index (χ1n) is 8.42. The molecule has 1 aromatic rings. The number of aryl methyl sites for hydroxylation is 1. The van der Waals surface area contributed by atoms with Crippen molar-refractivity contribution in [1.29, 1.82) is 0 Å². The maximum absolute atomic E-state index is 12.5. The minimum absolute atomic E-state index is 0.0120. The van der Waals surface area contributed by atoms with Gasteiger partial charge in [0, 0.05) is 31.4 Å². The minimum Gasteiger partial charge on any atom is -0.350 e. The van der Waals surface area contributed by atoms with Crippen LogP contribution in [0.3, 0.4) is 0 Å². The molecule has 0 bridgehead atoms. The van der Waals surface area contributed by atoms with Crippen LogP contribution in [0.15, 0.2) is 12.4 Å². The number of imidazole rings is 1. The van der Waals surface area contributed by atoms with E-state index < -0.39 is 11.6 Å². The molecule has 1 aromatic heterocycles. The summed E-state index contributed by atoms with van der Waals surface area (Å²) in [5, 5.41) is 5.65. The maximum atomic E-state index is 12.5. The third kappa shape index (κ3) is 2.76. The highest BCUT2D eigenvalue weighted by atomic mass is 16.2. The van der Waals surface area contributed by atoms with Crippen molar-refractivity contribution in [3.05, 3.63) is 18.2 Å². The van der Waals surface area contributed by atoms with E-state index in [1.165, 1.54) is 0 Å². The number of aromatic nitrogens is 2. The van der Waals surface area contributed by atoms with E-state index in [9.17, 15) is 14.4 Å². The van der Waals surface area contributed by atoms with Crippen molar-refractivity contribution in [3.8, 4) is 0 Å². The first kappa shape index (κ1) is 16.5. The number of carbonyl (C=O) groups excluding carboxylic acids is 3. The van der Waals surface area contributed by atoms with Gasteiger partial charge < -0.3 is 15.2 Å². The van der Waals surface area contributed by atoms with E-state index >= 15 is 0 Å². The van der Waals surface area contributed by atoms with Crippen LogP contribution in [0, 0.1) is 0 Å². The number of urea groups is 1. The van der Waals surface area contributed by atoms with E-state index in [1.54, 1.807) is 6.20 Å². The Labute approximate surface area is 140 Å². The second-order valence-corrected chi connectivity index (χ2v) is 6.41.